The molecular formula is C8H16NO4Pb. The zero-order chi connectivity index (χ0) is 11.8. The van der Waals surface area contributed by atoms with E-state index in [1.165, 1.54) is 0 Å². The molecule has 1 atom stereocenters. The standard InChI is InChI=1S/C7H14NO2.CH2O2.Pb/c1-5-8-6(9)10-7(2,3)4;2-1-3;/h5H,1-4H3,(H,8,9);1H,(H,2,3);. The van der Waals surface area contributed by atoms with Gasteiger partial charge >= 0.3 is 83.6 Å². The van der Waals surface area contributed by atoms with Gasteiger partial charge < -0.3 is 5.11 Å². The van der Waals surface area contributed by atoms with Gasteiger partial charge in [0.2, 0.25) is 0 Å². The fourth-order valence-electron chi connectivity index (χ4n) is 0.484. The molecule has 6 heteroatoms. The Labute approximate surface area is 99.9 Å². The van der Waals surface area contributed by atoms with Gasteiger partial charge in [-0.3, -0.25) is 4.79 Å². The number of nitrogens with one attached hydrogen (secondary N) is 1. The van der Waals surface area contributed by atoms with Crippen molar-refractivity contribution in [2.75, 3.05) is 0 Å². The fraction of sp³-hybridized carbons (Fsp3) is 0.750. The van der Waals surface area contributed by atoms with Gasteiger partial charge in [-0.05, 0) is 0 Å². The van der Waals surface area contributed by atoms with Crippen molar-refractivity contribution in [3.05, 3.63) is 0 Å². The first-order valence-electron chi connectivity index (χ1n) is 4.01. The number of rotatable bonds is 1. The molecule has 5 nitrogen and oxygen atoms in total. The van der Waals surface area contributed by atoms with Crippen molar-refractivity contribution in [2.24, 2.45) is 0 Å². The summed E-state index contributed by atoms with van der Waals surface area (Å²) in [5.74, 6) is 0. The van der Waals surface area contributed by atoms with E-state index < -0.39 is 0 Å². The van der Waals surface area contributed by atoms with Crippen LogP contribution in [-0.2, 0) is 9.53 Å². The molecular weight excluding hydrogens is 381 g/mol. The summed E-state index contributed by atoms with van der Waals surface area (Å²) in [6.07, 6.45) is -0.319. The van der Waals surface area contributed by atoms with Crippen LogP contribution >= 0.6 is 0 Å². The maximum atomic E-state index is 11.0. The molecule has 0 saturated heterocycles. The van der Waals surface area contributed by atoms with Gasteiger partial charge in [0, 0.05) is 0 Å². The molecule has 0 aromatic heterocycles. The van der Waals surface area contributed by atoms with Crippen LogP contribution in [0.4, 0.5) is 4.79 Å². The van der Waals surface area contributed by atoms with Gasteiger partial charge in [0.1, 0.15) is 0 Å². The van der Waals surface area contributed by atoms with Gasteiger partial charge in [-0.2, -0.15) is 0 Å². The van der Waals surface area contributed by atoms with Crippen LogP contribution in [0.15, 0.2) is 0 Å². The van der Waals surface area contributed by atoms with E-state index in [1.54, 1.807) is 0 Å². The number of hydrogen-bond donors (Lipinski definition) is 2. The molecule has 0 fully saturated rings. The first kappa shape index (κ1) is 16.1. The molecule has 0 rings (SSSR count). The van der Waals surface area contributed by atoms with E-state index in [1.807, 2.05) is 27.7 Å². The number of amides is 1. The minimum Gasteiger partial charge on any atom is -0.483 e. The van der Waals surface area contributed by atoms with Crippen molar-refractivity contribution in [1.82, 2.24) is 5.32 Å². The van der Waals surface area contributed by atoms with Crippen molar-refractivity contribution < 1.29 is 19.4 Å². The summed E-state index contributed by atoms with van der Waals surface area (Å²) in [5, 5.41) is 9.59. The average molecular weight is 397 g/mol. The van der Waals surface area contributed by atoms with Crippen LogP contribution in [0, 0.1) is 0 Å². The van der Waals surface area contributed by atoms with Crippen LogP contribution in [0.25, 0.3) is 0 Å². The maximum absolute atomic E-state index is 11.0. The van der Waals surface area contributed by atoms with Gasteiger partial charge in [-0.15, -0.1) is 0 Å². The van der Waals surface area contributed by atoms with Gasteiger partial charge in [-0.25, -0.2) is 0 Å². The van der Waals surface area contributed by atoms with Crippen LogP contribution < -0.4 is 5.32 Å². The van der Waals surface area contributed by atoms with Crippen molar-refractivity contribution in [3.63, 3.8) is 0 Å². The van der Waals surface area contributed by atoms with Gasteiger partial charge in [0.15, 0.2) is 0 Å². The number of carbonyl (C=O) groups is 2. The molecule has 0 aromatic carbocycles. The Morgan fingerprint density at radius 1 is 1.57 bits per heavy atom. The number of carbonyl (C=O) groups excluding carboxylic acids is 1. The predicted octanol–water partition coefficient (Wildman–Crippen LogP) is 0.726. The molecule has 2 N–H and O–H groups in total. The van der Waals surface area contributed by atoms with Gasteiger partial charge in [0.25, 0.3) is 6.47 Å². The molecule has 1 amide bonds. The summed E-state index contributed by atoms with van der Waals surface area (Å²) in [6.45, 7) is 7.26. The first-order valence-corrected chi connectivity index (χ1v) is 6.26. The zero-order valence-corrected chi connectivity index (χ0v) is 12.7. The third-order valence-corrected chi connectivity index (χ3v) is 1.29. The summed E-state index contributed by atoms with van der Waals surface area (Å²) in [6, 6.07) is 0. The molecule has 0 aromatic rings. The minimum absolute atomic E-state index is 0.250. The maximum Gasteiger partial charge on any atom is 0.290 e. The molecule has 0 aliphatic carbocycles. The number of carboxylic acid groups (broad SMARTS) is 1. The monoisotopic (exact) mass is 398 g/mol. The zero-order valence-electron chi connectivity index (χ0n) is 8.83. The van der Waals surface area contributed by atoms with E-state index in [0.717, 1.165) is 25.8 Å². The number of ether oxygens (including phenoxy) is 1. The third kappa shape index (κ3) is 17.7. The summed E-state index contributed by atoms with van der Waals surface area (Å²) in [4.78, 5) is 19.3. The Kier molecular flexibility index (Phi) is 9.22. The second-order valence-electron chi connectivity index (χ2n) is 3.47. The van der Waals surface area contributed by atoms with Crippen LogP contribution in [0.5, 0.6) is 0 Å². The summed E-state index contributed by atoms with van der Waals surface area (Å²) >= 11 is 0.946. The van der Waals surface area contributed by atoms with E-state index >= 15 is 0 Å². The summed E-state index contributed by atoms with van der Waals surface area (Å²) in [5.41, 5.74) is -0.388. The summed E-state index contributed by atoms with van der Waals surface area (Å²) < 4.78 is 5.29. The van der Waals surface area contributed by atoms with Crippen LogP contribution in [0.2, 0.25) is 0 Å². The van der Waals surface area contributed by atoms with Crippen molar-refractivity contribution in [1.29, 1.82) is 0 Å². The van der Waals surface area contributed by atoms with Gasteiger partial charge in [-0.1, -0.05) is 0 Å². The normalized spacial score (nSPS) is 11.8. The first-order chi connectivity index (χ1) is 6.22. The predicted molar refractivity (Wildman–Crippen MR) is 53.3 cm³/mol. The number of alkyl carbamates (subject to hydrolysis) is 1. The Morgan fingerprint density at radius 2 is 1.93 bits per heavy atom. The SMILES string of the molecule is C[CH]([Pb])NC(=O)OC(C)(C)C.O=CO. The van der Waals surface area contributed by atoms with Gasteiger partial charge in [0.05, 0.1) is 0 Å². The van der Waals surface area contributed by atoms with Crippen LogP contribution in [0.3, 0.4) is 0 Å². The van der Waals surface area contributed by atoms with E-state index in [4.69, 9.17) is 14.6 Å². The minimum atomic E-state index is -0.388. The second-order valence-corrected chi connectivity index (χ2v) is 6.84. The smallest absolute Gasteiger partial charge is 0.290 e. The molecule has 1 unspecified atom stereocenters. The van der Waals surface area contributed by atoms with E-state index in [-0.39, 0.29) is 21.8 Å². The van der Waals surface area contributed by atoms with Crippen molar-refractivity contribution >= 4 is 38.3 Å². The topological polar surface area (TPSA) is 75.6 Å². The Hall–Kier alpha value is -0.338. The molecule has 0 aliphatic heterocycles. The van der Waals surface area contributed by atoms with Crippen LogP contribution in [0.1, 0.15) is 27.7 Å². The Morgan fingerprint density at radius 3 is 2.14 bits per heavy atom. The molecule has 0 spiro atoms. The van der Waals surface area contributed by atoms with E-state index in [0.29, 0.717) is 0 Å². The largest absolute Gasteiger partial charge is 0.483 e. The third-order valence-electron chi connectivity index (χ3n) is 0.733. The molecule has 14 heavy (non-hydrogen) atoms. The fourth-order valence-corrected chi connectivity index (χ4v) is 0.942. The Balaban J connectivity index is 0. The quantitative estimate of drug-likeness (QED) is 0.505. The molecule has 3 radical (unpaired) electrons. The molecule has 0 aliphatic rings. The molecule has 0 saturated carbocycles. The van der Waals surface area contributed by atoms with Crippen molar-refractivity contribution in [2.45, 2.75) is 36.9 Å². The van der Waals surface area contributed by atoms with E-state index in [2.05, 4.69) is 5.32 Å². The average Bonchev–Trinajstić information content (AvgIpc) is 1.80. The van der Waals surface area contributed by atoms with Crippen LogP contribution in [-0.4, -0.2) is 52.6 Å². The number of hydrogen-bond acceptors (Lipinski definition) is 3. The summed E-state index contributed by atoms with van der Waals surface area (Å²) in [7, 11) is 0. The molecule has 81 valence electrons. The second kappa shape index (κ2) is 8.01. The van der Waals surface area contributed by atoms with E-state index in [9.17, 15) is 4.79 Å². The molecule has 0 heterocycles. The Bertz CT molecular complexity index is 177. The van der Waals surface area contributed by atoms with Crippen molar-refractivity contribution in [3.8, 4) is 0 Å². The molecule has 0 bridgehead atoms.